The summed E-state index contributed by atoms with van der Waals surface area (Å²) < 4.78 is 15.7. The molecule has 104 valence electrons. The van der Waals surface area contributed by atoms with Gasteiger partial charge in [-0.1, -0.05) is 6.07 Å². The van der Waals surface area contributed by atoms with E-state index in [-0.39, 0.29) is 17.2 Å². The van der Waals surface area contributed by atoms with Gasteiger partial charge >= 0.3 is 5.97 Å². The van der Waals surface area contributed by atoms with Crippen molar-refractivity contribution >= 4 is 5.97 Å². The third kappa shape index (κ3) is 2.97. The van der Waals surface area contributed by atoms with Gasteiger partial charge in [0, 0.05) is 12.1 Å². The first-order valence-electron chi connectivity index (χ1n) is 5.74. The predicted molar refractivity (Wildman–Crippen MR) is 70.8 cm³/mol. The van der Waals surface area contributed by atoms with E-state index in [4.69, 9.17) is 19.3 Å². The van der Waals surface area contributed by atoms with Gasteiger partial charge in [-0.25, -0.2) is 4.79 Å². The zero-order valence-electron chi connectivity index (χ0n) is 11.0. The minimum atomic E-state index is -1.05. The van der Waals surface area contributed by atoms with E-state index in [0.29, 0.717) is 11.6 Å². The highest BCUT2D eigenvalue weighted by molar-refractivity contribution is 5.88. The maximum absolute atomic E-state index is 11.0. The van der Waals surface area contributed by atoms with Crippen LogP contribution in [-0.2, 0) is 0 Å². The second-order valence-electron chi connectivity index (χ2n) is 3.79. The van der Waals surface area contributed by atoms with Crippen LogP contribution in [0, 0.1) is 0 Å². The van der Waals surface area contributed by atoms with E-state index in [9.17, 15) is 4.79 Å². The van der Waals surface area contributed by atoms with Crippen LogP contribution in [0.4, 0.5) is 0 Å². The van der Waals surface area contributed by atoms with Crippen molar-refractivity contribution in [1.29, 1.82) is 0 Å². The van der Waals surface area contributed by atoms with Crippen molar-refractivity contribution in [3.63, 3.8) is 0 Å². The standard InChI is InChI=1S/C14H13NO5/c1-18-10-7-6-9(14(16)17)8-11(10)20-13-5-3-4-12(15-13)19-2/h3-8H,1-2H3,(H,16,17). The minimum absolute atomic E-state index is 0.101. The zero-order valence-corrected chi connectivity index (χ0v) is 11.0. The number of benzene rings is 1. The Hall–Kier alpha value is -2.76. The van der Waals surface area contributed by atoms with E-state index in [1.54, 1.807) is 18.2 Å². The molecular weight excluding hydrogens is 262 g/mol. The highest BCUT2D eigenvalue weighted by Gasteiger charge is 2.11. The third-order valence-electron chi connectivity index (χ3n) is 2.53. The van der Waals surface area contributed by atoms with Crippen molar-refractivity contribution in [2.24, 2.45) is 0 Å². The number of ether oxygens (including phenoxy) is 3. The maximum Gasteiger partial charge on any atom is 0.335 e. The number of methoxy groups -OCH3 is 2. The molecule has 2 rings (SSSR count). The van der Waals surface area contributed by atoms with Gasteiger partial charge in [-0.3, -0.25) is 0 Å². The molecule has 0 saturated heterocycles. The molecule has 0 aliphatic heterocycles. The molecule has 0 amide bonds. The normalized spacial score (nSPS) is 9.90. The Morgan fingerprint density at radius 2 is 1.80 bits per heavy atom. The van der Waals surface area contributed by atoms with Crippen molar-refractivity contribution in [1.82, 2.24) is 4.98 Å². The predicted octanol–water partition coefficient (Wildman–Crippen LogP) is 2.59. The van der Waals surface area contributed by atoms with Gasteiger partial charge in [-0.15, -0.1) is 0 Å². The van der Waals surface area contributed by atoms with Gasteiger partial charge in [0.1, 0.15) is 0 Å². The Morgan fingerprint density at radius 1 is 1.05 bits per heavy atom. The van der Waals surface area contributed by atoms with E-state index >= 15 is 0 Å². The lowest BCUT2D eigenvalue weighted by atomic mass is 10.2. The molecule has 1 heterocycles. The first-order chi connectivity index (χ1) is 9.63. The monoisotopic (exact) mass is 275 g/mol. The second-order valence-corrected chi connectivity index (χ2v) is 3.79. The molecule has 6 heteroatoms. The SMILES string of the molecule is COc1cccc(Oc2cc(C(=O)O)ccc2OC)n1. The van der Waals surface area contributed by atoms with Gasteiger partial charge in [0.2, 0.25) is 11.8 Å². The van der Waals surface area contributed by atoms with Gasteiger partial charge in [0.05, 0.1) is 19.8 Å². The Balaban J connectivity index is 2.35. The van der Waals surface area contributed by atoms with Crippen molar-refractivity contribution in [3.8, 4) is 23.3 Å². The topological polar surface area (TPSA) is 77.9 Å². The van der Waals surface area contributed by atoms with Crippen LogP contribution in [0.25, 0.3) is 0 Å². The fourth-order valence-electron chi connectivity index (χ4n) is 1.57. The van der Waals surface area contributed by atoms with E-state index in [1.807, 2.05) is 0 Å². The summed E-state index contributed by atoms with van der Waals surface area (Å²) in [5.74, 6) is 0.324. The molecule has 0 bridgehead atoms. The summed E-state index contributed by atoms with van der Waals surface area (Å²) in [7, 11) is 2.97. The van der Waals surface area contributed by atoms with Crippen molar-refractivity contribution in [2.45, 2.75) is 0 Å². The summed E-state index contributed by atoms with van der Waals surface area (Å²) >= 11 is 0. The maximum atomic E-state index is 11.0. The Morgan fingerprint density at radius 3 is 2.45 bits per heavy atom. The number of pyridine rings is 1. The van der Waals surface area contributed by atoms with E-state index in [1.165, 1.54) is 32.4 Å². The molecule has 2 aromatic rings. The van der Waals surface area contributed by atoms with Crippen LogP contribution in [-0.4, -0.2) is 30.3 Å². The van der Waals surface area contributed by atoms with Crippen molar-refractivity contribution in [2.75, 3.05) is 14.2 Å². The highest BCUT2D eigenvalue weighted by atomic mass is 16.5. The molecule has 0 fully saturated rings. The average molecular weight is 275 g/mol. The van der Waals surface area contributed by atoms with E-state index < -0.39 is 5.97 Å². The molecule has 0 aliphatic rings. The van der Waals surface area contributed by atoms with Gasteiger partial charge in [-0.2, -0.15) is 4.98 Å². The largest absolute Gasteiger partial charge is 0.493 e. The quantitative estimate of drug-likeness (QED) is 0.903. The molecule has 0 aliphatic carbocycles. The van der Waals surface area contributed by atoms with Gasteiger partial charge < -0.3 is 19.3 Å². The summed E-state index contributed by atoms with van der Waals surface area (Å²) in [6.45, 7) is 0. The Kier molecular flexibility index (Phi) is 4.05. The van der Waals surface area contributed by atoms with Crippen LogP contribution >= 0.6 is 0 Å². The van der Waals surface area contributed by atoms with Crippen molar-refractivity contribution in [3.05, 3.63) is 42.0 Å². The first kappa shape index (κ1) is 13.7. The number of nitrogens with zero attached hydrogens (tertiary/aromatic N) is 1. The second kappa shape index (κ2) is 5.92. The molecule has 6 nitrogen and oxygen atoms in total. The summed E-state index contributed by atoms with van der Waals surface area (Å²) in [6.07, 6.45) is 0. The lowest BCUT2D eigenvalue weighted by Gasteiger charge is -2.10. The molecule has 1 N–H and O–H groups in total. The van der Waals surface area contributed by atoms with Crippen LogP contribution in [0.2, 0.25) is 0 Å². The van der Waals surface area contributed by atoms with Crippen LogP contribution in [0.1, 0.15) is 10.4 Å². The number of hydrogen-bond acceptors (Lipinski definition) is 5. The summed E-state index contributed by atoms with van der Waals surface area (Å²) in [5.41, 5.74) is 0.101. The molecular formula is C14H13NO5. The van der Waals surface area contributed by atoms with Crippen LogP contribution < -0.4 is 14.2 Å². The molecule has 20 heavy (non-hydrogen) atoms. The number of aromatic carboxylic acids is 1. The summed E-state index contributed by atoms with van der Waals surface area (Å²) in [6, 6.07) is 9.37. The Labute approximate surface area is 115 Å². The van der Waals surface area contributed by atoms with Crippen LogP contribution in [0.5, 0.6) is 23.3 Å². The average Bonchev–Trinajstić information content (AvgIpc) is 2.47. The number of carboxylic acid groups (broad SMARTS) is 1. The van der Waals surface area contributed by atoms with Gasteiger partial charge in [0.15, 0.2) is 11.5 Å². The highest BCUT2D eigenvalue weighted by Crippen LogP contribution is 2.32. The number of carboxylic acids is 1. The Bertz CT molecular complexity index is 627. The lowest BCUT2D eigenvalue weighted by molar-refractivity contribution is 0.0696. The molecule has 0 spiro atoms. The molecule has 0 atom stereocenters. The first-order valence-corrected chi connectivity index (χ1v) is 5.74. The molecule has 1 aromatic carbocycles. The summed E-state index contributed by atoms with van der Waals surface area (Å²) in [4.78, 5) is 15.1. The number of carbonyl (C=O) groups is 1. The molecule has 0 saturated carbocycles. The smallest absolute Gasteiger partial charge is 0.335 e. The van der Waals surface area contributed by atoms with Crippen LogP contribution in [0.15, 0.2) is 36.4 Å². The van der Waals surface area contributed by atoms with E-state index in [2.05, 4.69) is 4.98 Å². The number of aromatic nitrogens is 1. The van der Waals surface area contributed by atoms with Gasteiger partial charge in [0.25, 0.3) is 0 Å². The zero-order chi connectivity index (χ0) is 14.5. The van der Waals surface area contributed by atoms with Crippen LogP contribution in [0.3, 0.4) is 0 Å². The lowest BCUT2D eigenvalue weighted by Crippen LogP contribution is -1.99. The fraction of sp³-hybridized carbons (Fsp3) is 0.143. The fourth-order valence-corrected chi connectivity index (χ4v) is 1.57. The summed E-state index contributed by atoms with van der Waals surface area (Å²) in [5, 5.41) is 8.99. The number of hydrogen-bond donors (Lipinski definition) is 1. The molecule has 1 aromatic heterocycles. The third-order valence-corrected chi connectivity index (χ3v) is 2.53. The van der Waals surface area contributed by atoms with Gasteiger partial charge in [-0.05, 0) is 18.2 Å². The van der Waals surface area contributed by atoms with Crippen molar-refractivity contribution < 1.29 is 24.1 Å². The molecule has 0 unspecified atom stereocenters. The van der Waals surface area contributed by atoms with E-state index in [0.717, 1.165) is 0 Å². The molecule has 0 radical (unpaired) electrons. The number of rotatable bonds is 5. The minimum Gasteiger partial charge on any atom is -0.493 e.